The van der Waals surface area contributed by atoms with Gasteiger partial charge in [0.1, 0.15) is 11.9 Å². The highest BCUT2D eigenvalue weighted by Crippen LogP contribution is 2.22. The van der Waals surface area contributed by atoms with Crippen LogP contribution in [0.3, 0.4) is 0 Å². The molecule has 1 aliphatic rings. The van der Waals surface area contributed by atoms with E-state index in [0.717, 1.165) is 25.0 Å². The van der Waals surface area contributed by atoms with Crippen molar-refractivity contribution in [3.8, 4) is 6.07 Å². The highest BCUT2D eigenvalue weighted by molar-refractivity contribution is 7.90. The largest absolute Gasteiger partial charge is 0.301 e. The molecule has 0 aromatic heterocycles. The first kappa shape index (κ1) is 14.8. The molecule has 0 saturated carbocycles. The fourth-order valence-electron chi connectivity index (χ4n) is 2.13. The van der Waals surface area contributed by atoms with Gasteiger partial charge in [-0.1, -0.05) is 6.92 Å². The van der Waals surface area contributed by atoms with Crippen LogP contribution in [0.15, 0.2) is 18.2 Å². The topological polar surface area (TPSA) is 73.2 Å². The highest BCUT2D eigenvalue weighted by atomic mass is 32.2. The lowest BCUT2D eigenvalue weighted by Gasteiger charge is -2.29. The Kier molecular flexibility index (Phi) is 4.26. The van der Waals surface area contributed by atoms with E-state index in [4.69, 9.17) is 5.26 Å². The number of hydrogen-bond acceptors (Lipinski definition) is 3. The molecule has 7 heteroatoms. The molecule has 1 N–H and O–H groups in total. The van der Waals surface area contributed by atoms with Gasteiger partial charge >= 0.3 is 10.2 Å². The number of benzene rings is 1. The van der Waals surface area contributed by atoms with Gasteiger partial charge in [0.2, 0.25) is 0 Å². The zero-order chi connectivity index (χ0) is 14.8. The Morgan fingerprint density at radius 2 is 2.05 bits per heavy atom. The fourth-order valence-corrected chi connectivity index (χ4v) is 3.40. The zero-order valence-corrected chi connectivity index (χ0v) is 12.0. The van der Waals surface area contributed by atoms with Crippen molar-refractivity contribution >= 4 is 15.9 Å². The summed E-state index contributed by atoms with van der Waals surface area (Å²) < 4.78 is 41.2. The van der Waals surface area contributed by atoms with Gasteiger partial charge in [0.05, 0.1) is 11.3 Å². The van der Waals surface area contributed by atoms with Gasteiger partial charge in [-0.15, -0.1) is 0 Å². The molecule has 108 valence electrons. The molecule has 0 atom stereocenters. The van der Waals surface area contributed by atoms with E-state index in [1.165, 1.54) is 10.4 Å². The Morgan fingerprint density at radius 1 is 1.40 bits per heavy atom. The third-order valence-corrected chi connectivity index (χ3v) is 4.95. The zero-order valence-electron chi connectivity index (χ0n) is 11.1. The predicted octanol–water partition coefficient (Wildman–Crippen LogP) is 2.09. The number of rotatable bonds is 3. The van der Waals surface area contributed by atoms with E-state index in [1.54, 1.807) is 6.07 Å². The van der Waals surface area contributed by atoms with Crippen molar-refractivity contribution in [3.63, 3.8) is 0 Å². The van der Waals surface area contributed by atoms with Crippen LogP contribution in [0.4, 0.5) is 10.1 Å². The Balaban J connectivity index is 2.19. The normalized spacial score (nSPS) is 17.6. The van der Waals surface area contributed by atoms with E-state index in [2.05, 4.69) is 11.6 Å². The molecule has 0 aliphatic carbocycles. The van der Waals surface area contributed by atoms with E-state index in [9.17, 15) is 12.8 Å². The maximum Gasteiger partial charge on any atom is 0.301 e. The molecule has 0 radical (unpaired) electrons. The second-order valence-corrected chi connectivity index (χ2v) is 6.66. The van der Waals surface area contributed by atoms with Crippen molar-refractivity contribution in [1.29, 1.82) is 5.26 Å². The lowest BCUT2D eigenvalue weighted by molar-refractivity contribution is 0.289. The first-order chi connectivity index (χ1) is 9.42. The number of anilines is 1. The summed E-state index contributed by atoms with van der Waals surface area (Å²) >= 11 is 0. The van der Waals surface area contributed by atoms with Gasteiger partial charge in [0, 0.05) is 13.1 Å². The van der Waals surface area contributed by atoms with E-state index in [1.807, 2.05) is 0 Å². The monoisotopic (exact) mass is 297 g/mol. The number of nitriles is 1. The van der Waals surface area contributed by atoms with Crippen molar-refractivity contribution in [2.24, 2.45) is 5.92 Å². The van der Waals surface area contributed by atoms with E-state index in [0.29, 0.717) is 19.0 Å². The van der Waals surface area contributed by atoms with Crippen molar-refractivity contribution in [1.82, 2.24) is 4.31 Å². The van der Waals surface area contributed by atoms with Crippen LogP contribution in [-0.2, 0) is 10.2 Å². The van der Waals surface area contributed by atoms with Crippen LogP contribution in [0.1, 0.15) is 25.3 Å². The third-order valence-electron chi connectivity index (χ3n) is 3.42. The van der Waals surface area contributed by atoms with Gasteiger partial charge in [-0.2, -0.15) is 18.0 Å². The smallest absolute Gasteiger partial charge is 0.270 e. The van der Waals surface area contributed by atoms with Crippen molar-refractivity contribution in [2.75, 3.05) is 17.8 Å². The van der Waals surface area contributed by atoms with Crippen molar-refractivity contribution in [3.05, 3.63) is 29.6 Å². The van der Waals surface area contributed by atoms with Gasteiger partial charge < -0.3 is 0 Å². The second-order valence-electron chi connectivity index (χ2n) is 4.99. The summed E-state index contributed by atoms with van der Waals surface area (Å²) in [5.41, 5.74) is 0.0754. The van der Waals surface area contributed by atoms with Crippen molar-refractivity contribution < 1.29 is 12.8 Å². The molecule has 1 aromatic carbocycles. The standard InChI is InChI=1S/C13H16FN3O2S/c1-10-4-6-17(7-5-10)20(18,19)16-13-3-2-12(14)8-11(13)9-15/h2-3,8,10,16H,4-7H2,1H3. The summed E-state index contributed by atoms with van der Waals surface area (Å²) in [7, 11) is -3.70. The molecular formula is C13H16FN3O2S. The lowest BCUT2D eigenvalue weighted by atomic mass is 10.0. The Hall–Kier alpha value is -1.65. The van der Waals surface area contributed by atoms with E-state index in [-0.39, 0.29) is 11.3 Å². The maximum atomic E-state index is 13.0. The van der Waals surface area contributed by atoms with Gasteiger partial charge in [-0.25, -0.2) is 4.39 Å². The van der Waals surface area contributed by atoms with Crippen LogP contribution in [0.5, 0.6) is 0 Å². The average Bonchev–Trinajstić information content (AvgIpc) is 2.41. The Morgan fingerprint density at radius 3 is 2.65 bits per heavy atom. The summed E-state index contributed by atoms with van der Waals surface area (Å²) in [4.78, 5) is 0. The summed E-state index contributed by atoms with van der Waals surface area (Å²) in [5.74, 6) is -0.0572. The lowest BCUT2D eigenvalue weighted by Crippen LogP contribution is -2.41. The number of nitrogens with zero attached hydrogens (tertiary/aromatic N) is 2. The fraction of sp³-hybridized carbons (Fsp3) is 0.462. The number of hydrogen-bond donors (Lipinski definition) is 1. The number of piperidine rings is 1. The van der Waals surface area contributed by atoms with Gasteiger partial charge in [0.15, 0.2) is 0 Å². The molecular weight excluding hydrogens is 281 g/mol. The molecule has 2 rings (SSSR count). The molecule has 0 bridgehead atoms. The van der Waals surface area contributed by atoms with Crippen LogP contribution in [-0.4, -0.2) is 25.8 Å². The predicted molar refractivity (Wildman–Crippen MR) is 73.6 cm³/mol. The van der Waals surface area contributed by atoms with Crippen molar-refractivity contribution in [2.45, 2.75) is 19.8 Å². The quantitative estimate of drug-likeness (QED) is 0.928. The molecule has 0 amide bonds. The van der Waals surface area contributed by atoms with Crippen LogP contribution in [0.25, 0.3) is 0 Å². The minimum absolute atomic E-state index is 0.0287. The van der Waals surface area contributed by atoms with E-state index >= 15 is 0 Å². The second kappa shape index (κ2) is 5.77. The molecule has 1 aromatic rings. The van der Waals surface area contributed by atoms with Gasteiger partial charge in [-0.3, -0.25) is 4.72 Å². The maximum absolute atomic E-state index is 13.0. The van der Waals surface area contributed by atoms with E-state index < -0.39 is 16.0 Å². The summed E-state index contributed by atoms with van der Waals surface area (Å²) in [6.45, 7) is 3.00. The van der Waals surface area contributed by atoms with Crippen LogP contribution in [0.2, 0.25) is 0 Å². The molecule has 1 saturated heterocycles. The number of nitrogens with one attached hydrogen (secondary N) is 1. The number of halogens is 1. The summed E-state index contributed by atoms with van der Waals surface area (Å²) in [5, 5.41) is 8.92. The summed E-state index contributed by atoms with van der Waals surface area (Å²) in [6, 6.07) is 5.18. The van der Waals surface area contributed by atoms with Crippen LogP contribution in [0, 0.1) is 23.1 Å². The average molecular weight is 297 g/mol. The Bertz CT molecular complexity index is 632. The van der Waals surface area contributed by atoms with Crippen LogP contribution < -0.4 is 4.72 Å². The highest BCUT2D eigenvalue weighted by Gasteiger charge is 2.26. The minimum Gasteiger partial charge on any atom is -0.270 e. The minimum atomic E-state index is -3.70. The molecule has 1 aliphatic heterocycles. The molecule has 0 spiro atoms. The third kappa shape index (κ3) is 3.26. The van der Waals surface area contributed by atoms with Crippen LogP contribution >= 0.6 is 0 Å². The first-order valence-corrected chi connectivity index (χ1v) is 7.84. The van der Waals surface area contributed by atoms with Gasteiger partial charge in [-0.05, 0) is 37.0 Å². The first-order valence-electron chi connectivity index (χ1n) is 6.40. The molecule has 5 nitrogen and oxygen atoms in total. The molecule has 0 unspecified atom stereocenters. The molecule has 1 heterocycles. The molecule has 1 fully saturated rings. The van der Waals surface area contributed by atoms with Gasteiger partial charge in [0.25, 0.3) is 0 Å². The Labute approximate surface area is 118 Å². The summed E-state index contributed by atoms with van der Waals surface area (Å²) in [6.07, 6.45) is 1.63. The molecule has 20 heavy (non-hydrogen) atoms. The SMILES string of the molecule is CC1CCN(S(=O)(=O)Nc2ccc(F)cc2C#N)CC1.